The van der Waals surface area contributed by atoms with Gasteiger partial charge in [0.2, 0.25) is 0 Å². The molecule has 0 spiro atoms. The molecule has 0 fully saturated rings. The first-order valence-electron chi connectivity index (χ1n) is 7.10. The van der Waals surface area contributed by atoms with Crippen LogP contribution in [-0.4, -0.2) is 13.7 Å². The molecular formula is C18H23NO. The smallest absolute Gasteiger partial charge is 0.123 e. The molecule has 0 aliphatic heterocycles. The molecule has 0 aliphatic carbocycles. The lowest BCUT2D eigenvalue weighted by atomic mass is 9.98. The van der Waals surface area contributed by atoms with E-state index in [1.807, 2.05) is 0 Å². The standard InChI is InChI=1S/C18H23NO/c1-5-19-12-17-11-15(6-7-18(17)20-4)16-9-13(2)8-14(3)10-16/h6-11,19H,5,12H2,1-4H3. The van der Waals surface area contributed by atoms with Crippen molar-refractivity contribution in [3.8, 4) is 16.9 Å². The van der Waals surface area contributed by atoms with Crippen molar-refractivity contribution in [2.45, 2.75) is 27.3 Å². The molecule has 0 amide bonds. The summed E-state index contributed by atoms with van der Waals surface area (Å²) in [6.45, 7) is 8.18. The molecule has 2 heteroatoms. The van der Waals surface area contributed by atoms with Crippen molar-refractivity contribution in [1.29, 1.82) is 0 Å². The Bertz CT molecular complexity index is 570. The molecule has 0 unspecified atom stereocenters. The summed E-state index contributed by atoms with van der Waals surface area (Å²) in [6, 6.07) is 13.1. The summed E-state index contributed by atoms with van der Waals surface area (Å²) < 4.78 is 5.44. The van der Waals surface area contributed by atoms with Crippen LogP contribution in [0.2, 0.25) is 0 Å². The van der Waals surface area contributed by atoms with Crippen LogP contribution < -0.4 is 10.1 Å². The average molecular weight is 269 g/mol. The monoisotopic (exact) mass is 269 g/mol. The number of nitrogens with one attached hydrogen (secondary N) is 1. The molecule has 0 saturated heterocycles. The van der Waals surface area contributed by atoms with Gasteiger partial charge < -0.3 is 10.1 Å². The van der Waals surface area contributed by atoms with Crippen molar-refractivity contribution in [2.75, 3.05) is 13.7 Å². The van der Waals surface area contributed by atoms with Crippen LogP contribution in [0.1, 0.15) is 23.6 Å². The van der Waals surface area contributed by atoms with Crippen LogP contribution in [0.15, 0.2) is 36.4 Å². The Morgan fingerprint density at radius 3 is 2.25 bits per heavy atom. The van der Waals surface area contributed by atoms with Crippen molar-refractivity contribution < 1.29 is 4.74 Å². The van der Waals surface area contributed by atoms with Crippen molar-refractivity contribution in [2.24, 2.45) is 0 Å². The Kier molecular flexibility index (Phi) is 4.80. The SMILES string of the molecule is CCNCc1cc(-c2cc(C)cc(C)c2)ccc1OC. The van der Waals surface area contributed by atoms with Gasteiger partial charge in [0.25, 0.3) is 0 Å². The molecule has 2 aromatic carbocycles. The minimum absolute atomic E-state index is 0.832. The number of aryl methyl sites for hydroxylation is 2. The fraction of sp³-hybridized carbons (Fsp3) is 0.333. The normalized spacial score (nSPS) is 10.6. The Morgan fingerprint density at radius 2 is 1.65 bits per heavy atom. The molecule has 0 aliphatic rings. The van der Waals surface area contributed by atoms with Gasteiger partial charge in [0, 0.05) is 12.1 Å². The number of ether oxygens (including phenoxy) is 1. The first-order valence-corrected chi connectivity index (χ1v) is 7.10. The summed E-state index contributed by atoms with van der Waals surface area (Å²) in [6.07, 6.45) is 0. The second-order valence-corrected chi connectivity index (χ2v) is 5.18. The first kappa shape index (κ1) is 14.6. The number of benzene rings is 2. The van der Waals surface area contributed by atoms with Gasteiger partial charge in [0.15, 0.2) is 0 Å². The lowest BCUT2D eigenvalue weighted by molar-refractivity contribution is 0.408. The van der Waals surface area contributed by atoms with E-state index >= 15 is 0 Å². The summed E-state index contributed by atoms with van der Waals surface area (Å²) in [4.78, 5) is 0. The highest BCUT2D eigenvalue weighted by molar-refractivity contribution is 5.67. The van der Waals surface area contributed by atoms with Crippen LogP contribution in [0.4, 0.5) is 0 Å². The Morgan fingerprint density at radius 1 is 0.950 bits per heavy atom. The van der Waals surface area contributed by atoms with E-state index in [0.29, 0.717) is 0 Å². The molecule has 20 heavy (non-hydrogen) atoms. The second kappa shape index (κ2) is 6.58. The highest BCUT2D eigenvalue weighted by Crippen LogP contribution is 2.28. The zero-order chi connectivity index (χ0) is 14.5. The fourth-order valence-corrected chi connectivity index (χ4v) is 2.50. The molecule has 0 bridgehead atoms. The average Bonchev–Trinajstić information content (AvgIpc) is 2.43. The summed E-state index contributed by atoms with van der Waals surface area (Å²) >= 11 is 0. The van der Waals surface area contributed by atoms with Crippen molar-refractivity contribution in [3.63, 3.8) is 0 Å². The van der Waals surface area contributed by atoms with Crippen LogP contribution in [0.3, 0.4) is 0 Å². The van der Waals surface area contributed by atoms with E-state index in [0.717, 1.165) is 18.8 Å². The van der Waals surface area contributed by atoms with Crippen LogP contribution >= 0.6 is 0 Å². The molecular weight excluding hydrogens is 246 g/mol. The van der Waals surface area contributed by atoms with Gasteiger partial charge in [-0.2, -0.15) is 0 Å². The Balaban J connectivity index is 2.41. The van der Waals surface area contributed by atoms with E-state index in [-0.39, 0.29) is 0 Å². The zero-order valence-electron chi connectivity index (χ0n) is 12.8. The van der Waals surface area contributed by atoms with E-state index in [1.54, 1.807) is 7.11 Å². The second-order valence-electron chi connectivity index (χ2n) is 5.18. The van der Waals surface area contributed by atoms with Gasteiger partial charge in [-0.05, 0) is 43.7 Å². The highest BCUT2D eigenvalue weighted by Gasteiger charge is 2.06. The van der Waals surface area contributed by atoms with Gasteiger partial charge in [-0.15, -0.1) is 0 Å². The molecule has 0 saturated carbocycles. The third-order valence-electron chi connectivity index (χ3n) is 3.40. The minimum atomic E-state index is 0.832. The lowest BCUT2D eigenvalue weighted by Crippen LogP contribution is -2.12. The maximum atomic E-state index is 5.44. The van der Waals surface area contributed by atoms with Gasteiger partial charge in [0.1, 0.15) is 5.75 Å². The van der Waals surface area contributed by atoms with Gasteiger partial charge in [-0.3, -0.25) is 0 Å². The van der Waals surface area contributed by atoms with Crippen LogP contribution in [0.5, 0.6) is 5.75 Å². The van der Waals surface area contributed by atoms with Gasteiger partial charge >= 0.3 is 0 Å². The molecule has 2 nitrogen and oxygen atoms in total. The number of methoxy groups -OCH3 is 1. The van der Waals surface area contributed by atoms with Crippen LogP contribution in [-0.2, 0) is 6.54 Å². The first-order chi connectivity index (χ1) is 9.63. The maximum Gasteiger partial charge on any atom is 0.123 e. The molecule has 0 heterocycles. The predicted molar refractivity (Wildman–Crippen MR) is 85.3 cm³/mol. The minimum Gasteiger partial charge on any atom is -0.496 e. The van der Waals surface area contributed by atoms with Crippen LogP contribution in [0.25, 0.3) is 11.1 Å². The topological polar surface area (TPSA) is 21.3 Å². The van der Waals surface area contributed by atoms with E-state index in [4.69, 9.17) is 4.74 Å². The molecule has 1 N–H and O–H groups in total. The largest absolute Gasteiger partial charge is 0.496 e. The molecule has 0 radical (unpaired) electrons. The molecule has 2 rings (SSSR count). The Labute approximate surface area is 121 Å². The summed E-state index contributed by atoms with van der Waals surface area (Å²) in [7, 11) is 1.72. The fourth-order valence-electron chi connectivity index (χ4n) is 2.50. The van der Waals surface area contributed by atoms with E-state index in [1.165, 1.54) is 27.8 Å². The van der Waals surface area contributed by atoms with E-state index < -0.39 is 0 Å². The summed E-state index contributed by atoms with van der Waals surface area (Å²) in [5.41, 5.74) is 6.30. The molecule has 2 aromatic rings. The van der Waals surface area contributed by atoms with Crippen molar-refractivity contribution in [3.05, 3.63) is 53.1 Å². The predicted octanol–water partition coefficient (Wildman–Crippen LogP) is 4.09. The van der Waals surface area contributed by atoms with Gasteiger partial charge in [0.05, 0.1) is 7.11 Å². The van der Waals surface area contributed by atoms with Gasteiger partial charge in [-0.25, -0.2) is 0 Å². The summed E-state index contributed by atoms with van der Waals surface area (Å²) in [5, 5.41) is 3.36. The third-order valence-corrected chi connectivity index (χ3v) is 3.40. The molecule has 0 aromatic heterocycles. The number of hydrogen-bond acceptors (Lipinski definition) is 2. The number of rotatable bonds is 5. The molecule has 0 atom stereocenters. The highest BCUT2D eigenvalue weighted by atomic mass is 16.5. The van der Waals surface area contributed by atoms with Crippen molar-refractivity contribution >= 4 is 0 Å². The third kappa shape index (κ3) is 3.40. The number of hydrogen-bond donors (Lipinski definition) is 1. The van der Waals surface area contributed by atoms with E-state index in [9.17, 15) is 0 Å². The lowest BCUT2D eigenvalue weighted by Gasteiger charge is -2.12. The van der Waals surface area contributed by atoms with Crippen molar-refractivity contribution in [1.82, 2.24) is 5.32 Å². The van der Waals surface area contributed by atoms with Crippen LogP contribution in [0, 0.1) is 13.8 Å². The zero-order valence-corrected chi connectivity index (χ0v) is 12.8. The molecule has 106 valence electrons. The van der Waals surface area contributed by atoms with Gasteiger partial charge in [-0.1, -0.05) is 42.3 Å². The maximum absolute atomic E-state index is 5.44. The Hall–Kier alpha value is -1.80. The van der Waals surface area contributed by atoms with E-state index in [2.05, 4.69) is 62.5 Å². The summed E-state index contributed by atoms with van der Waals surface area (Å²) in [5.74, 6) is 0.944. The quantitative estimate of drug-likeness (QED) is 0.882.